The molecule has 1 saturated heterocycles. The molecule has 3 N–H and O–H groups in total. The van der Waals surface area contributed by atoms with E-state index < -0.39 is 42.8 Å². The number of nitrogens with one attached hydrogen (secondary N) is 2. The third-order valence-electron chi connectivity index (χ3n) is 6.50. The number of carboxylic acids is 1. The molecule has 0 aromatic heterocycles. The maximum atomic E-state index is 14.3. The minimum atomic E-state index is -3.06. The number of methoxy groups -OCH3 is 1. The lowest BCUT2D eigenvalue weighted by Gasteiger charge is -2.24. The average molecular weight is 554 g/mol. The number of ether oxygens (including phenoxy) is 2. The fourth-order valence-electron chi connectivity index (χ4n) is 4.44. The molecule has 3 aromatic rings. The highest BCUT2D eigenvalue weighted by atomic mass is 19.3. The van der Waals surface area contributed by atoms with E-state index in [0.717, 1.165) is 10.5 Å². The van der Waals surface area contributed by atoms with Gasteiger partial charge in [0.05, 0.1) is 37.4 Å². The number of halogens is 2. The molecule has 3 amide bonds. The number of alkyl halides is 2. The van der Waals surface area contributed by atoms with Crippen molar-refractivity contribution in [1.82, 2.24) is 4.90 Å². The molecular formula is C29H29F2N3O6. The van der Waals surface area contributed by atoms with Crippen LogP contribution in [-0.2, 0) is 11.2 Å². The van der Waals surface area contributed by atoms with E-state index in [1.165, 1.54) is 31.4 Å². The molecule has 1 heterocycles. The average Bonchev–Trinajstić information content (AvgIpc) is 3.24. The number of carbonyl (C=O) groups is 3. The number of aromatic carboxylic acids is 1. The van der Waals surface area contributed by atoms with Crippen LogP contribution in [0.25, 0.3) is 0 Å². The van der Waals surface area contributed by atoms with Crippen LogP contribution in [0, 0.1) is 6.92 Å². The number of urea groups is 1. The van der Waals surface area contributed by atoms with Crippen molar-refractivity contribution in [3.05, 3.63) is 83.4 Å². The number of aryl methyl sites for hydroxylation is 1. The van der Waals surface area contributed by atoms with Crippen molar-refractivity contribution in [2.24, 2.45) is 0 Å². The summed E-state index contributed by atoms with van der Waals surface area (Å²) in [4.78, 5) is 37.7. The van der Waals surface area contributed by atoms with Gasteiger partial charge in [0.1, 0.15) is 18.1 Å². The molecule has 0 bridgehead atoms. The number of carbonyl (C=O) groups excluding carboxylic acids is 2. The van der Waals surface area contributed by atoms with Crippen LogP contribution in [0.15, 0.2) is 66.7 Å². The van der Waals surface area contributed by atoms with Crippen LogP contribution in [-0.4, -0.2) is 60.1 Å². The number of nitrogens with zero attached hydrogens (tertiary/aromatic N) is 1. The lowest BCUT2D eigenvalue weighted by atomic mass is 10.1. The zero-order valence-corrected chi connectivity index (χ0v) is 21.9. The minimum absolute atomic E-state index is 0.0696. The number of rotatable bonds is 9. The molecule has 1 fully saturated rings. The molecular weight excluding hydrogens is 524 g/mol. The molecule has 1 atom stereocenters. The summed E-state index contributed by atoms with van der Waals surface area (Å²) in [5.74, 6) is -4.04. The molecule has 210 valence electrons. The van der Waals surface area contributed by atoms with Crippen molar-refractivity contribution in [1.29, 1.82) is 0 Å². The fourth-order valence-corrected chi connectivity index (χ4v) is 4.44. The third-order valence-corrected chi connectivity index (χ3v) is 6.50. The predicted molar refractivity (Wildman–Crippen MR) is 144 cm³/mol. The van der Waals surface area contributed by atoms with Crippen molar-refractivity contribution < 1.29 is 37.7 Å². The van der Waals surface area contributed by atoms with Gasteiger partial charge in [0.25, 0.3) is 5.92 Å². The van der Waals surface area contributed by atoms with Gasteiger partial charge in [-0.2, -0.15) is 0 Å². The summed E-state index contributed by atoms with van der Waals surface area (Å²) in [7, 11) is 1.42. The molecule has 3 aromatic carbocycles. The van der Waals surface area contributed by atoms with Gasteiger partial charge in [-0.3, -0.25) is 4.79 Å². The summed E-state index contributed by atoms with van der Waals surface area (Å²) in [6, 6.07) is 16.3. The van der Waals surface area contributed by atoms with Gasteiger partial charge in [-0.25, -0.2) is 18.4 Å². The largest absolute Gasteiger partial charge is 0.495 e. The summed E-state index contributed by atoms with van der Waals surface area (Å²) >= 11 is 0. The highest BCUT2D eigenvalue weighted by Gasteiger charge is 2.47. The molecule has 0 spiro atoms. The first kappa shape index (κ1) is 28.3. The van der Waals surface area contributed by atoms with Gasteiger partial charge in [0.2, 0.25) is 5.91 Å². The molecule has 9 nitrogen and oxygen atoms in total. The van der Waals surface area contributed by atoms with Gasteiger partial charge >= 0.3 is 12.0 Å². The van der Waals surface area contributed by atoms with Crippen LogP contribution >= 0.6 is 0 Å². The Morgan fingerprint density at radius 1 is 1.02 bits per heavy atom. The third kappa shape index (κ3) is 7.04. The molecule has 1 aliphatic rings. The highest BCUT2D eigenvalue weighted by molar-refractivity contribution is 6.01. The van der Waals surface area contributed by atoms with E-state index in [4.69, 9.17) is 14.6 Å². The quantitative estimate of drug-likeness (QED) is 0.335. The maximum absolute atomic E-state index is 14.3. The van der Waals surface area contributed by atoms with Gasteiger partial charge < -0.3 is 30.1 Å². The van der Waals surface area contributed by atoms with Crippen LogP contribution in [0.5, 0.6) is 11.5 Å². The van der Waals surface area contributed by atoms with Gasteiger partial charge in [0.15, 0.2) is 0 Å². The van der Waals surface area contributed by atoms with Crippen LogP contribution in [0.2, 0.25) is 0 Å². The summed E-state index contributed by atoms with van der Waals surface area (Å²) in [5.41, 5.74) is 2.51. The first-order chi connectivity index (χ1) is 19.0. The number of likely N-dealkylation sites (tertiary alicyclic amines) is 1. The normalized spacial score (nSPS) is 15.8. The Bertz CT molecular complexity index is 1400. The van der Waals surface area contributed by atoms with Crippen LogP contribution in [0.4, 0.5) is 25.0 Å². The molecule has 0 radical (unpaired) electrons. The maximum Gasteiger partial charge on any atom is 0.335 e. The molecule has 0 aliphatic carbocycles. The Morgan fingerprint density at radius 2 is 1.73 bits per heavy atom. The second-order valence-corrected chi connectivity index (χ2v) is 9.48. The molecule has 40 heavy (non-hydrogen) atoms. The smallest absolute Gasteiger partial charge is 0.335 e. The predicted octanol–water partition coefficient (Wildman–Crippen LogP) is 5.20. The van der Waals surface area contributed by atoms with Gasteiger partial charge in [-0.05, 0) is 60.5 Å². The van der Waals surface area contributed by atoms with E-state index in [1.54, 1.807) is 30.3 Å². The first-order valence-corrected chi connectivity index (χ1v) is 12.5. The molecule has 0 saturated carbocycles. The van der Waals surface area contributed by atoms with E-state index >= 15 is 0 Å². The Balaban J connectivity index is 1.40. The van der Waals surface area contributed by atoms with Gasteiger partial charge in [0, 0.05) is 12.1 Å². The zero-order valence-electron chi connectivity index (χ0n) is 21.9. The minimum Gasteiger partial charge on any atom is -0.495 e. The Morgan fingerprint density at radius 3 is 2.40 bits per heavy atom. The second-order valence-electron chi connectivity index (χ2n) is 9.48. The number of anilines is 2. The first-order valence-electron chi connectivity index (χ1n) is 12.5. The topological polar surface area (TPSA) is 117 Å². The summed E-state index contributed by atoms with van der Waals surface area (Å²) in [5, 5.41) is 14.5. The lowest BCUT2D eigenvalue weighted by molar-refractivity contribution is -0.133. The van der Waals surface area contributed by atoms with E-state index in [0.29, 0.717) is 28.4 Å². The van der Waals surface area contributed by atoms with Crippen LogP contribution < -0.4 is 20.1 Å². The van der Waals surface area contributed by atoms with Crippen molar-refractivity contribution in [2.75, 3.05) is 30.9 Å². The lowest BCUT2D eigenvalue weighted by Crippen LogP contribution is -2.40. The number of carboxylic acid groups (broad SMARTS) is 1. The van der Waals surface area contributed by atoms with Crippen molar-refractivity contribution >= 4 is 29.3 Å². The van der Waals surface area contributed by atoms with E-state index in [9.17, 15) is 23.2 Å². The molecule has 1 aliphatic heterocycles. The Hall–Kier alpha value is -4.67. The molecule has 1 unspecified atom stereocenters. The number of para-hydroxylation sites is 1. The molecule has 11 heteroatoms. The second kappa shape index (κ2) is 12.0. The standard InChI is InChI=1S/C29H29F2N3O6/c1-18-5-3-4-6-23(18)32-28(38)33-24-12-7-19(13-25(24)39-2)14-26(35)34-17-29(30,31)15-21(34)16-40-22-10-8-20(9-11-22)27(36)37/h3-13,21H,14-17H2,1-2H3,(H,36,37)(H2,32,33,38). The fraction of sp³-hybridized carbons (Fsp3) is 0.276. The summed E-state index contributed by atoms with van der Waals surface area (Å²) < 4.78 is 39.6. The Labute approximate surface area is 229 Å². The number of hydrogen-bond acceptors (Lipinski definition) is 5. The SMILES string of the molecule is COc1cc(CC(=O)N2CC(F)(F)CC2COc2ccc(C(=O)O)cc2)ccc1NC(=O)Nc1ccccc1C. The van der Waals surface area contributed by atoms with Crippen molar-refractivity contribution in [3.63, 3.8) is 0 Å². The van der Waals surface area contributed by atoms with Gasteiger partial charge in [-0.15, -0.1) is 0 Å². The van der Waals surface area contributed by atoms with Crippen LogP contribution in [0.1, 0.15) is 27.9 Å². The summed E-state index contributed by atoms with van der Waals surface area (Å²) in [6.45, 7) is 0.969. The molecule has 4 rings (SSSR count). The van der Waals surface area contributed by atoms with E-state index in [2.05, 4.69) is 10.6 Å². The highest BCUT2D eigenvalue weighted by Crippen LogP contribution is 2.33. The van der Waals surface area contributed by atoms with Crippen molar-refractivity contribution in [3.8, 4) is 11.5 Å². The summed E-state index contributed by atoms with van der Waals surface area (Å²) in [6.07, 6.45) is -0.708. The number of hydrogen-bond donors (Lipinski definition) is 3. The Kier molecular flexibility index (Phi) is 8.52. The zero-order chi connectivity index (χ0) is 28.9. The van der Waals surface area contributed by atoms with Gasteiger partial charge in [-0.1, -0.05) is 24.3 Å². The number of amides is 3. The number of benzene rings is 3. The monoisotopic (exact) mass is 553 g/mol. The van der Waals surface area contributed by atoms with Crippen LogP contribution in [0.3, 0.4) is 0 Å². The van der Waals surface area contributed by atoms with Crippen molar-refractivity contribution in [2.45, 2.75) is 31.7 Å². The van der Waals surface area contributed by atoms with E-state index in [1.807, 2.05) is 19.1 Å². The van der Waals surface area contributed by atoms with E-state index in [-0.39, 0.29) is 18.6 Å².